The van der Waals surface area contributed by atoms with E-state index in [0.717, 1.165) is 16.8 Å². The Balaban J connectivity index is 1.72. The molecule has 0 radical (unpaired) electrons. The number of benzene rings is 2. The molecule has 25 heavy (non-hydrogen) atoms. The van der Waals surface area contributed by atoms with Gasteiger partial charge in [0.1, 0.15) is 5.82 Å². The molecule has 0 saturated heterocycles. The van der Waals surface area contributed by atoms with Gasteiger partial charge < -0.3 is 10.6 Å². The van der Waals surface area contributed by atoms with Crippen molar-refractivity contribution >= 4 is 29.3 Å². The van der Waals surface area contributed by atoms with Crippen molar-refractivity contribution in [3.05, 3.63) is 65.5 Å². The van der Waals surface area contributed by atoms with Gasteiger partial charge in [-0.15, -0.1) is 11.8 Å². The van der Waals surface area contributed by atoms with E-state index in [2.05, 4.69) is 10.6 Å². The SMILES string of the molecule is Cc1ccc(NC(=O)CSC(C)C(=O)NCc2ccc(F)cc2)cc1. The summed E-state index contributed by atoms with van der Waals surface area (Å²) in [7, 11) is 0. The van der Waals surface area contributed by atoms with Gasteiger partial charge in [-0.3, -0.25) is 9.59 Å². The van der Waals surface area contributed by atoms with Crippen LogP contribution in [0.15, 0.2) is 48.5 Å². The van der Waals surface area contributed by atoms with Gasteiger partial charge in [0.05, 0.1) is 11.0 Å². The van der Waals surface area contributed by atoms with E-state index in [9.17, 15) is 14.0 Å². The zero-order valence-corrected chi connectivity index (χ0v) is 15.0. The van der Waals surface area contributed by atoms with Crippen molar-refractivity contribution in [1.82, 2.24) is 5.32 Å². The van der Waals surface area contributed by atoms with Crippen molar-refractivity contribution in [3.63, 3.8) is 0 Å². The van der Waals surface area contributed by atoms with Gasteiger partial charge in [-0.25, -0.2) is 4.39 Å². The summed E-state index contributed by atoms with van der Waals surface area (Å²) in [6.45, 7) is 4.07. The molecule has 0 saturated carbocycles. The van der Waals surface area contributed by atoms with Crippen molar-refractivity contribution in [2.75, 3.05) is 11.1 Å². The van der Waals surface area contributed by atoms with Crippen molar-refractivity contribution in [3.8, 4) is 0 Å². The van der Waals surface area contributed by atoms with Crippen LogP contribution in [-0.2, 0) is 16.1 Å². The third kappa shape index (κ3) is 6.58. The highest BCUT2D eigenvalue weighted by molar-refractivity contribution is 8.01. The van der Waals surface area contributed by atoms with Crippen LogP contribution in [0, 0.1) is 12.7 Å². The van der Waals surface area contributed by atoms with Crippen molar-refractivity contribution in [2.45, 2.75) is 25.6 Å². The number of amides is 2. The number of thioether (sulfide) groups is 1. The van der Waals surface area contributed by atoms with Gasteiger partial charge in [0.25, 0.3) is 0 Å². The molecule has 0 aliphatic heterocycles. The van der Waals surface area contributed by atoms with Crippen LogP contribution in [0.5, 0.6) is 0 Å². The second kappa shape index (κ2) is 9.22. The lowest BCUT2D eigenvalue weighted by Crippen LogP contribution is -2.31. The Kier molecular flexibility index (Phi) is 7.01. The van der Waals surface area contributed by atoms with E-state index in [1.54, 1.807) is 19.1 Å². The fourth-order valence-corrected chi connectivity index (χ4v) is 2.75. The van der Waals surface area contributed by atoms with Gasteiger partial charge in [0, 0.05) is 12.2 Å². The van der Waals surface area contributed by atoms with Gasteiger partial charge in [-0.05, 0) is 43.7 Å². The third-order valence-electron chi connectivity index (χ3n) is 3.55. The zero-order chi connectivity index (χ0) is 18.2. The number of halogens is 1. The molecule has 132 valence electrons. The monoisotopic (exact) mass is 360 g/mol. The molecule has 0 spiro atoms. The lowest BCUT2D eigenvalue weighted by Gasteiger charge is -2.12. The Morgan fingerprint density at radius 3 is 2.36 bits per heavy atom. The highest BCUT2D eigenvalue weighted by Gasteiger charge is 2.15. The van der Waals surface area contributed by atoms with E-state index < -0.39 is 0 Å². The summed E-state index contributed by atoms with van der Waals surface area (Å²) in [6.07, 6.45) is 0. The molecule has 2 aromatic carbocycles. The van der Waals surface area contributed by atoms with Crippen LogP contribution >= 0.6 is 11.8 Å². The fourth-order valence-electron chi connectivity index (χ4n) is 2.05. The molecule has 0 aliphatic carbocycles. The van der Waals surface area contributed by atoms with Crippen LogP contribution < -0.4 is 10.6 Å². The maximum absolute atomic E-state index is 12.8. The standard InChI is InChI=1S/C19H21FN2O2S/c1-13-3-9-17(10-4-13)22-18(23)12-25-14(2)19(24)21-11-15-5-7-16(20)8-6-15/h3-10,14H,11-12H2,1-2H3,(H,21,24)(H,22,23). The van der Waals surface area contributed by atoms with Gasteiger partial charge in [-0.2, -0.15) is 0 Å². The average Bonchev–Trinajstić information content (AvgIpc) is 2.61. The summed E-state index contributed by atoms with van der Waals surface area (Å²) in [5.41, 5.74) is 2.69. The molecule has 0 aliphatic rings. The quantitative estimate of drug-likeness (QED) is 0.794. The molecule has 2 amide bonds. The lowest BCUT2D eigenvalue weighted by molar-refractivity contribution is -0.120. The van der Waals surface area contributed by atoms with E-state index in [1.807, 2.05) is 31.2 Å². The minimum atomic E-state index is -0.357. The van der Waals surface area contributed by atoms with Crippen LogP contribution in [-0.4, -0.2) is 22.8 Å². The second-order valence-corrected chi connectivity index (χ2v) is 7.04. The molecule has 0 aromatic heterocycles. The summed E-state index contributed by atoms with van der Waals surface area (Å²) in [6, 6.07) is 13.5. The predicted molar refractivity (Wildman–Crippen MR) is 100.0 cm³/mol. The number of anilines is 1. The van der Waals surface area contributed by atoms with Crippen LogP contribution in [0.2, 0.25) is 0 Å². The molecular weight excluding hydrogens is 339 g/mol. The Morgan fingerprint density at radius 2 is 1.72 bits per heavy atom. The first-order valence-corrected chi connectivity index (χ1v) is 8.99. The maximum atomic E-state index is 12.8. The minimum absolute atomic E-state index is 0.146. The van der Waals surface area contributed by atoms with Gasteiger partial charge in [0.2, 0.25) is 11.8 Å². The van der Waals surface area contributed by atoms with Crippen molar-refractivity contribution in [1.29, 1.82) is 0 Å². The third-order valence-corrected chi connectivity index (χ3v) is 4.69. The topological polar surface area (TPSA) is 58.2 Å². The first-order chi connectivity index (χ1) is 11.9. The summed E-state index contributed by atoms with van der Waals surface area (Å²) in [4.78, 5) is 24.0. The van der Waals surface area contributed by atoms with Crippen LogP contribution in [0.3, 0.4) is 0 Å². The predicted octanol–water partition coefficient (Wildman–Crippen LogP) is 3.51. The highest BCUT2D eigenvalue weighted by Crippen LogP contribution is 2.13. The number of hydrogen-bond donors (Lipinski definition) is 2. The summed E-state index contributed by atoms with van der Waals surface area (Å²) >= 11 is 1.27. The molecule has 2 rings (SSSR count). The molecule has 1 unspecified atom stereocenters. The average molecular weight is 360 g/mol. The number of carbonyl (C=O) groups is 2. The number of carbonyl (C=O) groups excluding carboxylic acids is 2. The van der Waals surface area contributed by atoms with Crippen molar-refractivity contribution < 1.29 is 14.0 Å². The van der Waals surface area contributed by atoms with E-state index in [0.29, 0.717) is 6.54 Å². The largest absolute Gasteiger partial charge is 0.351 e. The van der Waals surface area contributed by atoms with E-state index >= 15 is 0 Å². The smallest absolute Gasteiger partial charge is 0.234 e. The Hall–Kier alpha value is -2.34. The number of hydrogen-bond acceptors (Lipinski definition) is 3. The lowest BCUT2D eigenvalue weighted by atomic mass is 10.2. The summed E-state index contributed by atoms with van der Waals surface area (Å²) in [5, 5.41) is 5.23. The number of rotatable bonds is 7. The summed E-state index contributed by atoms with van der Waals surface area (Å²) in [5.74, 6) is -0.415. The molecule has 6 heteroatoms. The second-order valence-electron chi connectivity index (χ2n) is 5.71. The molecule has 2 N–H and O–H groups in total. The van der Waals surface area contributed by atoms with E-state index in [1.165, 1.54) is 23.9 Å². The first kappa shape index (κ1) is 19.0. The molecule has 4 nitrogen and oxygen atoms in total. The minimum Gasteiger partial charge on any atom is -0.351 e. The first-order valence-electron chi connectivity index (χ1n) is 7.94. The molecule has 0 bridgehead atoms. The molecule has 1 atom stereocenters. The molecule has 2 aromatic rings. The van der Waals surface area contributed by atoms with Crippen LogP contribution in [0.1, 0.15) is 18.1 Å². The number of nitrogens with one attached hydrogen (secondary N) is 2. The van der Waals surface area contributed by atoms with Gasteiger partial charge in [0.15, 0.2) is 0 Å². The Bertz CT molecular complexity index is 717. The van der Waals surface area contributed by atoms with Gasteiger partial charge >= 0.3 is 0 Å². The normalized spacial score (nSPS) is 11.6. The fraction of sp³-hybridized carbons (Fsp3) is 0.263. The maximum Gasteiger partial charge on any atom is 0.234 e. The summed E-state index contributed by atoms with van der Waals surface area (Å²) < 4.78 is 12.8. The zero-order valence-electron chi connectivity index (χ0n) is 14.2. The van der Waals surface area contributed by atoms with E-state index in [-0.39, 0.29) is 28.6 Å². The van der Waals surface area contributed by atoms with Crippen LogP contribution in [0.25, 0.3) is 0 Å². The number of aryl methyl sites for hydroxylation is 1. The Labute approximate surface area is 151 Å². The van der Waals surface area contributed by atoms with E-state index in [4.69, 9.17) is 0 Å². The highest BCUT2D eigenvalue weighted by atomic mass is 32.2. The molecular formula is C19H21FN2O2S. The van der Waals surface area contributed by atoms with Crippen LogP contribution in [0.4, 0.5) is 10.1 Å². The molecule has 0 heterocycles. The molecule has 0 fully saturated rings. The Morgan fingerprint density at radius 1 is 1.08 bits per heavy atom. The van der Waals surface area contributed by atoms with Gasteiger partial charge in [-0.1, -0.05) is 29.8 Å². The van der Waals surface area contributed by atoms with Crippen molar-refractivity contribution in [2.24, 2.45) is 0 Å².